The molecule has 0 aromatic carbocycles. The molecule has 2 N–H and O–H groups in total. The maximum atomic E-state index is 10.5. The van der Waals surface area contributed by atoms with Gasteiger partial charge in [0.2, 0.25) is 11.3 Å². The summed E-state index contributed by atoms with van der Waals surface area (Å²) in [6.45, 7) is 2.23. The SMILES string of the molecule is CC1CCC(OS(N)=O)CC1. The average Bonchev–Trinajstić information content (AvgIpc) is 1.93. The van der Waals surface area contributed by atoms with Gasteiger partial charge in [-0.25, -0.2) is 9.35 Å². The maximum Gasteiger partial charge on any atom is 0.231 e. The zero-order chi connectivity index (χ0) is 8.27. The van der Waals surface area contributed by atoms with E-state index >= 15 is 0 Å². The third-order valence-corrected chi connectivity index (χ3v) is 2.66. The Morgan fingerprint density at radius 1 is 1.36 bits per heavy atom. The predicted molar refractivity (Wildman–Crippen MR) is 44.8 cm³/mol. The molecule has 1 aliphatic rings. The second-order valence-electron chi connectivity index (χ2n) is 3.24. The van der Waals surface area contributed by atoms with Crippen molar-refractivity contribution in [2.75, 3.05) is 0 Å². The van der Waals surface area contributed by atoms with E-state index in [-0.39, 0.29) is 6.10 Å². The monoisotopic (exact) mass is 177 g/mol. The minimum absolute atomic E-state index is 0.136. The smallest absolute Gasteiger partial charge is 0.231 e. The van der Waals surface area contributed by atoms with Gasteiger partial charge in [-0.05, 0) is 31.6 Å². The molecule has 0 amide bonds. The molecule has 1 saturated carbocycles. The Hall–Kier alpha value is 0.0700. The fraction of sp³-hybridized carbons (Fsp3) is 1.00. The molecule has 0 radical (unpaired) electrons. The first-order chi connectivity index (χ1) is 5.18. The maximum absolute atomic E-state index is 10.5. The number of hydrogen-bond acceptors (Lipinski definition) is 2. The Balaban J connectivity index is 2.22. The summed E-state index contributed by atoms with van der Waals surface area (Å²) in [6.07, 6.45) is 4.48. The Labute approximate surface area is 70.1 Å². The summed E-state index contributed by atoms with van der Waals surface area (Å²) in [5.41, 5.74) is 0. The third kappa shape index (κ3) is 3.31. The van der Waals surface area contributed by atoms with E-state index in [1.807, 2.05) is 0 Å². The second kappa shape index (κ2) is 4.18. The van der Waals surface area contributed by atoms with Crippen LogP contribution in [-0.4, -0.2) is 10.3 Å². The van der Waals surface area contributed by atoms with Crippen molar-refractivity contribution in [2.45, 2.75) is 38.7 Å². The largest absolute Gasteiger partial charge is 0.275 e. The van der Waals surface area contributed by atoms with Crippen LogP contribution in [0.1, 0.15) is 32.6 Å². The molecule has 66 valence electrons. The van der Waals surface area contributed by atoms with E-state index in [1.165, 1.54) is 12.8 Å². The molecule has 0 aliphatic heterocycles. The van der Waals surface area contributed by atoms with Crippen molar-refractivity contribution in [1.29, 1.82) is 0 Å². The fourth-order valence-corrected chi connectivity index (χ4v) is 1.92. The second-order valence-corrected chi connectivity index (χ2v) is 3.95. The summed E-state index contributed by atoms with van der Waals surface area (Å²) in [5, 5.41) is 5.01. The first-order valence-electron chi connectivity index (χ1n) is 4.02. The van der Waals surface area contributed by atoms with Crippen LogP contribution in [0.5, 0.6) is 0 Å². The lowest BCUT2D eigenvalue weighted by atomic mass is 9.89. The zero-order valence-corrected chi connectivity index (χ0v) is 7.60. The van der Waals surface area contributed by atoms with E-state index in [1.54, 1.807) is 0 Å². The number of nitrogens with two attached hydrogens (primary N) is 1. The molecule has 4 heteroatoms. The van der Waals surface area contributed by atoms with E-state index in [0.29, 0.717) is 0 Å². The van der Waals surface area contributed by atoms with Gasteiger partial charge < -0.3 is 0 Å². The summed E-state index contributed by atoms with van der Waals surface area (Å²) in [5.74, 6) is 0.793. The van der Waals surface area contributed by atoms with Crippen LogP contribution < -0.4 is 5.14 Å². The van der Waals surface area contributed by atoms with Crippen molar-refractivity contribution in [1.82, 2.24) is 0 Å². The lowest BCUT2D eigenvalue weighted by Gasteiger charge is -2.24. The van der Waals surface area contributed by atoms with Gasteiger partial charge in [-0.3, -0.25) is 4.18 Å². The van der Waals surface area contributed by atoms with Crippen LogP contribution in [-0.2, 0) is 15.4 Å². The van der Waals surface area contributed by atoms with Crippen molar-refractivity contribution in [3.63, 3.8) is 0 Å². The molecule has 0 aromatic heterocycles. The summed E-state index contributed by atoms with van der Waals surface area (Å²) in [6, 6.07) is 0. The highest BCUT2D eigenvalue weighted by Crippen LogP contribution is 2.25. The molecule has 0 bridgehead atoms. The normalized spacial score (nSPS) is 35.1. The van der Waals surface area contributed by atoms with Crippen molar-refractivity contribution >= 4 is 11.3 Å². The van der Waals surface area contributed by atoms with Crippen LogP contribution in [0.25, 0.3) is 0 Å². The van der Waals surface area contributed by atoms with E-state index < -0.39 is 11.3 Å². The van der Waals surface area contributed by atoms with Gasteiger partial charge in [-0.15, -0.1) is 0 Å². The molecule has 1 fully saturated rings. The number of hydrogen-bond donors (Lipinski definition) is 1. The van der Waals surface area contributed by atoms with Crippen LogP contribution in [0.15, 0.2) is 0 Å². The lowest BCUT2D eigenvalue weighted by molar-refractivity contribution is 0.152. The van der Waals surface area contributed by atoms with Gasteiger partial charge in [0.15, 0.2) is 0 Å². The van der Waals surface area contributed by atoms with Crippen LogP contribution in [0.4, 0.5) is 0 Å². The Bertz CT molecular complexity index is 143. The molecule has 0 saturated heterocycles. The third-order valence-electron chi connectivity index (χ3n) is 2.19. The van der Waals surface area contributed by atoms with Gasteiger partial charge in [0, 0.05) is 0 Å². The van der Waals surface area contributed by atoms with Crippen molar-refractivity contribution in [2.24, 2.45) is 11.1 Å². The Morgan fingerprint density at radius 3 is 2.36 bits per heavy atom. The quantitative estimate of drug-likeness (QED) is 0.687. The minimum Gasteiger partial charge on any atom is -0.275 e. The highest BCUT2D eigenvalue weighted by molar-refractivity contribution is 7.77. The predicted octanol–water partition coefficient (Wildman–Crippen LogP) is 1.12. The van der Waals surface area contributed by atoms with Gasteiger partial charge in [-0.2, -0.15) is 0 Å². The Morgan fingerprint density at radius 2 is 1.91 bits per heavy atom. The summed E-state index contributed by atoms with van der Waals surface area (Å²) in [7, 11) is 0. The topological polar surface area (TPSA) is 52.3 Å². The first-order valence-corrected chi connectivity index (χ1v) is 5.15. The average molecular weight is 177 g/mol. The first kappa shape index (κ1) is 9.16. The van der Waals surface area contributed by atoms with Crippen molar-refractivity contribution in [3.05, 3.63) is 0 Å². The van der Waals surface area contributed by atoms with Crippen LogP contribution >= 0.6 is 0 Å². The van der Waals surface area contributed by atoms with Gasteiger partial charge in [0.25, 0.3) is 0 Å². The van der Waals surface area contributed by atoms with Gasteiger partial charge >= 0.3 is 0 Å². The molecule has 1 rings (SSSR count). The van der Waals surface area contributed by atoms with Gasteiger partial charge in [0.05, 0.1) is 6.10 Å². The molecule has 1 aliphatic carbocycles. The molecule has 0 aromatic rings. The van der Waals surface area contributed by atoms with E-state index in [2.05, 4.69) is 6.92 Å². The van der Waals surface area contributed by atoms with Crippen LogP contribution in [0, 0.1) is 5.92 Å². The van der Waals surface area contributed by atoms with E-state index in [9.17, 15) is 4.21 Å². The van der Waals surface area contributed by atoms with Gasteiger partial charge in [-0.1, -0.05) is 6.92 Å². The molecule has 0 heterocycles. The summed E-state index contributed by atoms with van der Waals surface area (Å²) >= 11 is -1.57. The molecule has 11 heavy (non-hydrogen) atoms. The van der Waals surface area contributed by atoms with Crippen molar-refractivity contribution in [3.8, 4) is 0 Å². The van der Waals surface area contributed by atoms with Crippen LogP contribution in [0.3, 0.4) is 0 Å². The number of rotatable bonds is 2. The zero-order valence-electron chi connectivity index (χ0n) is 6.79. The summed E-state index contributed by atoms with van der Waals surface area (Å²) in [4.78, 5) is 0. The summed E-state index contributed by atoms with van der Waals surface area (Å²) < 4.78 is 15.4. The molecule has 3 nitrogen and oxygen atoms in total. The van der Waals surface area contributed by atoms with Gasteiger partial charge in [0.1, 0.15) is 0 Å². The van der Waals surface area contributed by atoms with Crippen LogP contribution in [0.2, 0.25) is 0 Å². The highest BCUT2D eigenvalue weighted by Gasteiger charge is 2.19. The molecular weight excluding hydrogens is 162 g/mol. The lowest BCUT2D eigenvalue weighted by Crippen LogP contribution is -2.23. The fourth-order valence-electron chi connectivity index (χ4n) is 1.46. The van der Waals surface area contributed by atoms with Crippen molar-refractivity contribution < 1.29 is 8.39 Å². The molecular formula is C7H15NO2S. The standard InChI is InChI=1S/C7H15NO2S/c1-6-2-4-7(5-3-6)10-11(8)9/h6-7H,2-5,8H2,1H3. The Kier molecular flexibility index (Phi) is 3.48. The molecule has 0 spiro atoms. The minimum atomic E-state index is -1.57. The molecule has 1 atom stereocenters. The van der Waals surface area contributed by atoms with E-state index in [4.69, 9.17) is 9.32 Å². The van der Waals surface area contributed by atoms with E-state index in [0.717, 1.165) is 18.8 Å². The highest BCUT2D eigenvalue weighted by atomic mass is 32.2. The molecule has 1 unspecified atom stereocenters.